The predicted octanol–water partition coefficient (Wildman–Crippen LogP) is 1.85. The molecule has 0 bridgehead atoms. The lowest BCUT2D eigenvalue weighted by Crippen LogP contribution is -2.40. The molecule has 2 amide bonds. The van der Waals surface area contributed by atoms with E-state index in [4.69, 9.17) is 4.74 Å². The lowest BCUT2D eigenvalue weighted by atomic mass is 10.0. The molecule has 1 aromatic rings. The number of thioether (sulfide) groups is 1. The number of amides is 2. The number of nitrogens with one attached hydrogen (secondary N) is 1. The second-order valence-corrected chi connectivity index (χ2v) is 7.57. The summed E-state index contributed by atoms with van der Waals surface area (Å²) < 4.78 is 10.0. The van der Waals surface area contributed by atoms with Crippen molar-refractivity contribution < 1.29 is 19.1 Å². The van der Waals surface area contributed by atoms with Gasteiger partial charge in [-0.3, -0.25) is 4.90 Å². The van der Waals surface area contributed by atoms with Gasteiger partial charge in [-0.1, -0.05) is 0 Å². The van der Waals surface area contributed by atoms with E-state index >= 15 is 0 Å². The van der Waals surface area contributed by atoms with E-state index in [0.717, 1.165) is 36.7 Å². The van der Waals surface area contributed by atoms with Crippen LogP contribution in [0.15, 0.2) is 18.2 Å². The number of alkyl carbamates (subject to hydrolysis) is 1. The van der Waals surface area contributed by atoms with Crippen LogP contribution in [0.2, 0.25) is 0 Å². The number of anilines is 2. The first-order chi connectivity index (χ1) is 12.2. The highest BCUT2D eigenvalue weighted by molar-refractivity contribution is 7.99. The zero-order valence-corrected chi connectivity index (χ0v) is 14.9. The number of hydrogen-bond donors (Lipinski definition) is 1. The molecule has 25 heavy (non-hydrogen) atoms. The van der Waals surface area contributed by atoms with Gasteiger partial charge in [-0.25, -0.2) is 9.59 Å². The fraction of sp³-hybridized carbons (Fsp3) is 0.529. The minimum atomic E-state index is -0.518. The zero-order chi connectivity index (χ0) is 17.4. The monoisotopic (exact) mass is 363 g/mol. The van der Waals surface area contributed by atoms with Crippen LogP contribution < -0.4 is 15.1 Å². The number of hydrogen-bond acceptors (Lipinski definition) is 6. The average Bonchev–Trinajstić information content (AvgIpc) is 3.17. The molecule has 0 aromatic heterocycles. The zero-order valence-electron chi connectivity index (χ0n) is 14.1. The number of benzene rings is 1. The standard InChI is InChI=1S/C17H21N3O4S/c1-23-16(21)18-10-15-14-9-11-8-12(19-4-6-25-7-5-19)2-3-13(11)20(14)17(22)24-15/h2-3,8,14-15H,4-7,9-10H2,1H3,(H,18,21)/t14-,15-/m0/s1. The van der Waals surface area contributed by atoms with Crippen LogP contribution in [-0.2, 0) is 15.9 Å². The first-order valence-electron chi connectivity index (χ1n) is 8.44. The van der Waals surface area contributed by atoms with Gasteiger partial charge in [0.2, 0.25) is 0 Å². The Hall–Kier alpha value is -2.09. The van der Waals surface area contributed by atoms with E-state index in [0.29, 0.717) is 0 Å². The fourth-order valence-corrected chi connectivity index (χ4v) is 4.62. The number of cyclic esters (lactones) is 1. The maximum atomic E-state index is 12.3. The van der Waals surface area contributed by atoms with Crippen molar-refractivity contribution in [2.75, 3.05) is 48.0 Å². The Morgan fingerprint density at radius 1 is 1.40 bits per heavy atom. The minimum Gasteiger partial charge on any atom is -0.453 e. The van der Waals surface area contributed by atoms with Crippen LogP contribution in [0.25, 0.3) is 0 Å². The third kappa shape index (κ3) is 2.99. The summed E-state index contributed by atoms with van der Waals surface area (Å²) in [7, 11) is 1.31. The van der Waals surface area contributed by atoms with E-state index in [1.807, 2.05) is 17.8 Å². The van der Waals surface area contributed by atoms with Crippen molar-refractivity contribution in [3.63, 3.8) is 0 Å². The molecule has 3 aliphatic rings. The Morgan fingerprint density at radius 3 is 2.96 bits per heavy atom. The molecule has 3 heterocycles. The average molecular weight is 363 g/mol. The Bertz CT molecular complexity index is 692. The van der Waals surface area contributed by atoms with Crippen molar-refractivity contribution in [3.8, 4) is 0 Å². The van der Waals surface area contributed by atoms with Crippen molar-refractivity contribution in [1.82, 2.24) is 5.32 Å². The molecule has 0 spiro atoms. The van der Waals surface area contributed by atoms with Crippen LogP contribution in [0, 0.1) is 0 Å². The van der Waals surface area contributed by atoms with E-state index in [2.05, 4.69) is 27.1 Å². The Kier molecular flexibility index (Phi) is 4.37. The maximum Gasteiger partial charge on any atom is 0.415 e. The molecule has 134 valence electrons. The highest BCUT2D eigenvalue weighted by Crippen LogP contribution is 2.40. The number of carbonyl (C=O) groups excluding carboxylic acids is 2. The number of carbonyl (C=O) groups is 2. The van der Waals surface area contributed by atoms with Crippen molar-refractivity contribution >= 4 is 35.3 Å². The molecule has 0 aliphatic carbocycles. The molecule has 2 saturated heterocycles. The van der Waals surface area contributed by atoms with Gasteiger partial charge in [0, 0.05) is 30.3 Å². The van der Waals surface area contributed by atoms with Crippen LogP contribution in [0.4, 0.5) is 21.0 Å². The third-order valence-electron chi connectivity index (χ3n) is 4.97. The van der Waals surface area contributed by atoms with Gasteiger partial charge < -0.3 is 19.7 Å². The van der Waals surface area contributed by atoms with Gasteiger partial charge in [-0.05, 0) is 30.2 Å². The van der Waals surface area contributed by atoms with Gasteiger partial charge >= 0.3 is 12.2 Å². The molecule has 1 N–H and O–H groups in total. The first-order valence-corrected chi connectivity index (χ1v) is 9.60. The van der Waals surface area contributed by atoms with Crippen molar-refractivity contribution in [2.45, 2.75) is 18.6 Å². The minimum absolute atomic E-state index is 0.0770. The van der Waals surface area contributed by atoms with Gasteiger partial charge in [0.1, 0.15) is 6.10 Å². The van der Waals surface area contributed by atoms with E-state index in [9.17, 15) is 9.59 Å². The molecule has 4 rings (SSSR count). The molecule has 8 heteroatoms. The summed E-state index contributed by atoms with van der Waals surface area (Å²) in [4.78, 5) is 27.7. The molecular weight excluding hydrogens is 342 g/mol. The van der Waals surface area contributed by atoms with Gasteiger partial charge in [-0.2, -0.15) is 11.8 Å². The Balaban J connectivity index is 1.51. The summed E-state index contributed by atoms with van der Waals surface area (Å²) in [6, 6.07) is 6.22. The van der Waals surface area contributed by atoms with Crippen molar-refractivity contribution in [2.24, 2.45) is 0 Å². The predicted molar refractivity (Wildman–Crippen MR) is 96.6 cm³/mol. The molecule has 0 radical (unpaired) electrons. The fourth-order valence-electron chi connectivity index (χ4n) is 3.71. The number of rotatable bonds is 3. The summed E-state index contributed by atoms with van der Waals surface area (Å²) in [6.07, 6.45) is -0.489. The molecule has 7 nitrogen and oxygen atoms in total. The van der Waals surface area contributed by atoms with E-state index in [-0.39, 0.29) is 24.8 Å². The second-order valence-electron chi connectivity index (χ2n) is 6.35. The quantitative estimate of drug-likeness (QED) is 0.884. The van der Waals surface area contributed by atoms with Crippen LogP contribution >= 0.6 is 11.8 Å². The van der Waals surface area contributed by atoms with Crippen LogP contribution in [0.5, 0.6) is 0 Å². The van der Waals surface area contributed by atoms with Gasteiger partial charge in [-0.15, -0.1) is 0 Å². The van der Waals surface area contributed by atoms with E-state index in [1.54, 1.807) is 4.90 Å². The number of ether oxygens (including phenoxy) is 2. The SMILES string of the molecule is COC(=O)NC[C@@H]1OC(=O)N2c3ccc(N4CCSCC4)cc3C[C@@H]12. The van der Waals surface area contributed by atoms with Crippen LogP contribution in [-0.4, -0.2) is 62.6 Å². The molecule has 1 aromatic carbocycles. The van der Waals surface area contributed by atoms with Gasteiger partial charge in [0.25, 0.3) is 0 Å². The summed E-state index contributed by atoms with van der Waals surface area (Å²) in [5, 5.41) is 2.62. The van der Waals surface area contributed by atoms with Crippen molar-refractivity contribution in [1.29, 1.82) is 0 Å². The number of fused-ring (bicyclic) bond motifs is 3. The third-order valence-corrected chi connectivity index (χ3v) is 5.91. The topological polar surface area (TPSA) is 71.1 Å². The summed E-state index contributed by atoms with van der Waals surface area (Å²) in [5.74, 6) is 2.30. The molecule has 0 unspecified atom stereocenters. The molecule has 2 fully saturated rings. The van der Waals surface area contributed by atoms with Crippen LogP contribution in [0.1, 0.15) is 5.56 Å². The summed E-state index contributed by atoms with van der Waals surface area (Å²) in [5.41, 5.74) is 3.31. The van der Waals surface area contributed by atoms with E-state index in [1.165, 1.54) is 18.4 Å². The summed E-state index contributed by atoms with van der Waals surface area (Å²) in [6.45, 7) is 2.37. The highest BCUT2D eigenvalue weighted by Gasteiger charge is 2.47. The highest BCUT2D eigenvalue weighted by atomic mass is 32.2. The lowest BCUT2D eigenvalue weighted by molar-refractivity contribution is 0.123. The summed E-state index contributed by atoms with van der Waals surface area (Å²) >= 11 is 1.99. The maximum absolute atomic E-state index is 12.3. The molecule has 2 atom stereocenters. The Morgan fingerprint density at radius 2 is 2.20 bits per heavy atom. The largest absolute Gasteiger partial charge is 0.453 e. The number of methoxy groups -OCH3 is 1. The van der Waals surface area contributed by atoms with Crippen molar-refractivity contribution in [3.05, 3.63) is 23.8 Å². The first kappa shape index (κ1) is 16.4. The lowest BCUT2D eigenvalue weighted by Gasteiger charge is -2.29. The van der Waals surface area contributed by atoms with Gasteiger partial charge in [0.15, 0.2) is 0 Å². The normalized spacial score (nSPS) is 24.6. The molecular formula is C17H21N3O4S. The number of nitrogens with zero attached hydrogens (tertiary/aromatic N) is 2. The second kappa shape index (κ2) is 6.67. The van der Waals surface area contributed by atoms with Gasteiger partial charge in [0.05, 0.1) is 25.4 Å². The smallest absolute Gasteiger partial charge is 0.415 e. The van der Waals surface area contributed by atoms with E-state index < -0.39 is 6.09 Å². The molecule has 0 saturated carbocycles. The molecule has 3 aliphatic heterocycles. The van der Waals surface area contributed by atoms with Crippen LogP contribution in [0.3, 0.4) is 0 Å². The Labute approximate surface area is 150 Å².